The summed E-state index contributed by atoms with van der Waals surface area (Å²) in [5, 5.41) is 13.1. The van der Waals surface area contributed by atoms with Crippen LogP contribution in [-0.2, 0) is 10.0 Å². The van der Waals surface area contributed by atoms with Crippen LogP contribution in [0, 0.1) is 5.92 Å². The number of carbonyl (C=O) groups excluding carboxylic acids is 2. The molecule has 2 amide bonds. The maximum absolute atomic E-state index is 13.6. The van der Waals surface area contributed by atoms with Gasteiger partial charge in [-0.3, -0.25) is 14.6 Å². The van der Waals surface area contributed by atoms with Crippen LogP contribution in [0.4, 0.5) is 5.69 Å². The summed E-state index contributed by atoms with van der Waals surface area (Å²) in [6, 6.07) is 13.3. The molecule has 2 aromatic carbocycles. The fraction of sp³-hybridized carbons (Fsp3) is 0.321. The first-order valence-electron chi connectivity index (χ1n) is 12.7. The number of nitrogens with one attached hydrogen (secondary N) is 1. The van der Waals surface area contributed by atoms with Crippen molar-refractivity contribution in [1.29, 1.82) is 0 Å². The van der Waals surface area contributed by atoms with Gasteiger partial charge >= 0.3 is 0 Å². The van der Waals surface area contributed by atoms with Crippen molar-refractivity contribution >= 4 is 39.1 Å². The van der Waals surface area contributed by atoms with Crippen LogP contribution < -0.4 is 10.1 Å². The summed E-state index contributed by atoms with van der Waals surface area (Å²) in [4.78, 5) is 31.9. The van der Waals surface area contributed by atoms with Crippen LogP contribution in [0.25, 0.3) is 0 Å². The van der Waals surface area contributed by atoms with Crippen LogP contribution in [0.2, 0.25) is 5.02 Å². The summed E-state index contributed by atoms with van der Waals surface area (Å²) in [5.74, 6) is -0.789. The molecule has 12 heteroatoms. The minimum atomic E-state index is -3.85. The number of anilines is 1. The standard InChI is InChI=1S/C28H31ClN4O6S/c1-18-15-33(19(2)17-34)28(36)24-14-22(31-27(35)20-10-12-30-13-11-20)6-9-25(24)39-26(18)16-32(3)40(37,38)23-7-4-21(29)5-8-23/h4-14,18-19,26,34H,15-17H2,1-3H3,(H,31,35)/t18-,19-,26-/m0/s1. The van der Waals surface area contributed by atoms with E-state index >= 15 is 0 Å². The molecule has 3 atom stereocenters. The molecule has 1 aliphatic rings. The van der Waals surface area contributed by atoms with Gasteiger partial charge < -0.3 is 20.1 Å². The molecule has 4 rings (SSSR count). The highest BCUT2D eigenvalue weighted by atomic mass is 35.5. The zero-order valence-corrected chi connectivity index (χ0v) is 23.9. The molecule has 0 saturated heterocycles. The highest BCUT2D eigenvalue weighted by Crippen LogP contribution is 2.31. The van der Waals surface area contributed by atoms with Gasteiger partial charge in [0.25, 0.3) is 11.8 Å². The van der Waals surface area contributed by atoms with Gasteiger partial charge in [-0.2, -0.15) is 4.31 Å². The van der Waals surface area contributed by atoms with Crippen molar-refractivity contribution in [3.05, 3.63) is 83.1 Å². The second-order valence-corrected chi connectivity index (χ2v) is 12.2. The van der Waals surface area contributed by atoms with E-state index in [1.807, 2.05) is 6.92 Å². The number of halogens is 1. The minimum Gasteiger partial charge on any atom is -0.488 e. The molecule has 0 aliphatic carbocycles. The van der Waals surface area contributed by atoms with E-state index in [4.69, 9.17) is 16.3 Å². The van der Waals surface area contributed by atoms with Crippen LogP contribution in [-0.4, -0.2) is 78.4 Å². The van der Waals surface area contributed by atoms with Crippen LogP contribution in [0.5, 0.6) is 5.75 Å². The van der Waals surface area contributed by atoms with E-state index in [-0.39, 0.29) is 53.6 Å². The van der Waals surface area contributed by atoms with E-state index in [1.165, 1.54) is 54.1 Å². The lowest BCUT2D eigenvalue weighted by molar-refractivity contribution is 0.0387. The average molecular weight is 587 g/mol. The topological polar surface area (TPSA) is 129 Å². The Kier molecular flexibility index (Phi) is 9.09. The Hall–Kier alpha value is -3.51. The maximum atomic E-state index is 13.6. The Morgan fingerprint density at radius 2 is 1.88 bits per heavy atom. The Morgan fingerprint density at radius 1 is 1.20 bits per heavy atom. The molecule has 0 radical (unpaired) electrons. The first kappa shape index (κ1) is 29.5. The Bertz CT molecular complexity index is 1470. The van der Waals surface area contributed by atoms with Crippen molar-refractivity contribution in [2.45, 2.75) is 30.9 Å². The Labute approximate surface area is 238 Å². The third kappa shape index (κ3) is 6.44. The first-order valence-corrected chi connectivity index (χ1v) is 14.5. The van der Waals surface area contributed by atoms with Crippen LogP contribution >= 0.6 is 11.6 Å². The summed E-state index contributed by atoms with van der Waals surface area (Å²) in [6.45, 7) is 3.55. The number of amides is 2. The van der Waals surface area contributed by atoms with E-state index in [0.29, 0.717) is 16.3 Å². The van der Waals surface area contributed by atoms with Gasteiger partial charge in [-0.1, -0.05) is 18.5 Å². The van der Waals surface area contributed by atoms with Crippen molar-refractivity contribution in [3.8, 4) is 5.75 Å². The maximum Gasteiger partial charge on any atom is 0.258 e. The molecule has 0 spiro atoms. The number of aromatic nitrogens is 1. The van der Waals surface area contributed by atoms with E-state index in [1.54, 1.807) is 36.1 Å². The van der Waals surface area contributed by atoms with Gasteiger partial charge in [0.1, 0.15) is 11.9 Å². The Balaban J connectivity index is 1.65. The van der Waals surface area contributed by atoms with Crippen molar-refractivity contribution < 1.29 is 27.9 Å². The largest absolute Gasteiger partial charge is 0.488 e. The summed E-state index contributed by atoms with van der Waals surface area (Å²) in [7, 11) is -2.38. The summed E-state index contributed by atoms with van der Waals surface area (Å²) < 4.78 is 34.0. The number of hydrogen-bond donors (Lipinski definition) is 2. The van der Waals surface area contributed by atoms with Crippen molar-refractivity contribution in [3.63, 3.8) is 0 Å². The average Bonchev–Trinajstić information content (AvgIpc) is 2.95. The number of nitrogens with zero attached hydrogens (tertiary/aromatic N) is 3. The fourth-order valence-electron chi connectivity index (χ4n) is 4.36. The quantitative estimate of drug-likeness (QED) is 0.413. The smallest absolute Gasteiger partial charge is 0.258 e. The van der Waals surface area contributed by atoms with Gasteiger partial charge in [0.15, 0.2) is 0 Å². The number of likely N-dealkylation sites (N-methyl/N-ethyl adjacent to an activating group) is 1. The van der Waals surface area contributed by atoms with Gasteiger partial charge in [0.2, 0.25) is 10.0 Å². The molecule has 212 valence electrons. The van der Waals surface area contributed by atoms with E-state index in [2.05, 4.69) is 10.3 Å². The van der Waals surface area contributed by atoms with E-state index < -0.39 is 22.2 Å². The van der Waals surface area contributed by atoms with E-state index in [0.717, 1.165) is 0 Å². The van der Waals surface area contributed by atoms with Crippen molar-refractivity contribution in [2.75, 3.05) is 32.1 Å². The van der Waals surface area contributed by atoms with Crippen molar-refractivity contribution in [1.82, 2.24) is 14.2 Å². The number of pyridine rings is 1. The summed E-state index contributed by atoms with van der Waals surface area (Å²) >= 11 is 5.93. The van der Waals surface area contributed by atoms with E-state index in [9.17, 15) is 23.1 Å². The van der Waals surface area contributed by atoms with Crippen LogP contribution in [0.1, 0.15) is 34.6 Å². The highest BCUT2D eigenvalue weighted by Gasteiger charge is 2.35. The lowest BCUT2D eigenvalue weighted by Crippen LogP contribution is -2.50. The SMILES string of the molecule is C[C@H]1CN([C@@H](C)CO)C(=O)c2cc(NC(=O)c3ccncc3)ccc2O[C@H]1CN(C)S(=O)(=O)c1ccc(Cl)cc1. The van der Waals surface area contributed by atoms with Gasteiger partial charge in [-0.15, -0.1) is 0 Å². The molecule has 0 fully saturated rings. The predicted octanol–water partition coefficient (Wildman–Crippen LogP) is 3.53. The number of fused-ring (bicyclic) bond motifs is 1. The van der Waals surface area contributed by atoms with Gasteiger partial charge in [-0.05, 0) is 61.5 Å². The molecule has 2 N–H and O–H groups in total. The molecule has 0 saturated carbocycles. The van der Waals surface area contributed by atoms with Gasteiger partial charge in [0, 0.05) is 48.2 Å². The monoisotopic (exact) mass is 586 g/mol. The zero-order chi connectivity index (χ0) is 29.0. The second kappa shape index (κ2) is 12.3. The molecule has 10 nitrogen and oxygen atoms in total. The van der Waals surface area contributed by atoms with Crippen LogP contribution in [0.15, 0.2) is 71.9 Å². The first-order chi connectivity index (χ1) is 19.0. The second-order valence-electron chi connectivity index (χ2n) is 9.76. The molecule has 40 heavy (non-hydrogen) atoms. The number of ether oxygens (including phenoxy) is 1. The number of hydrogen-bond acceptors (Lipinski definition) is 7. The molecule has 1 aliphatic heterocycles. The molecule has 3 aromatic rings. The molecular weight excluding hydrogens is 556 g/mol. The lowest BCUT2D eigenvalue weighted by Gasteiger charge is -2.38. The lowest BCUT2D eigenvalue weighted by atomic mass is 9.99. The minimum absolute atomic E-state index is 0.00162. The molecule has 2 heterocycles. The third-order valence-corrected chi connectivity index (χ3v) is 8.91. The number of rotatable bonds is 8. The molecule has 0 bridgehead atoms. The summed E-state index contributed by atoms with van der Waals surface area (Å²) in [6.07, 6.45) is 2.38. The molecule has 1 aromatic heterocycles. The highest BCUT2D eigenvalue weighted by molar-refractivity contribution is 7.89. The fourth-order valence-corrected chi connectivity index (χ4v) is 5.67. The predicted molar refractivity (Wildman–Crippen MR) is 151 cm³/mol. The van der Waals surface area contributed by atoms with Gasteiger partial charge in [0.05, 0.1) is 29.7 Å². The van der Waals surface area contributed by atoms with Gasteiger partial charge in [-0.25, -0.2) is 8.42 Å². The number of sulfonamides is 1. The zero-order valence-electron chi connectivity index (χ0n) is 22.3. The summed E-state index contributed by atoms with van der Waals surface area (Å²) in [5.41, 5.74) is 0.966. The third-order valence-electron chi connectivity index (χ3n) is 6.82. The number of carbonyl (C=O) groups is 2. The molecule has 0 unspecified atom stereocenters. The van der Waals surface area contributed by atoms with Crippen molar-refractivity contribution in [2.24, 2.45) is 5.92 Å². The normalized spacial score (nSPS) is 18.4. The number of benzene rings is 2. The molecular formula is C28H31ClN4O6S. The van der Waals surface area contributed by atoms with Crippen LogP contribution in [0.3, 0.4) is 0 Å². The number of aliphatic hydroxyl groups is 1. The number of aliphatic hydroxyl groups excluding tert-OH is 1. The Morgan fingerprint density at radius 3 is 2.52 bits per heavy atom.